The summed E-state index contributed by atoms with van der Waals surface area (Å²) in [5, 5.41) is 8.08. The lowest BCUT2D eigenvalue weighted by Crippen LogP contribution is -2.43. The molecule has 1 fully saturated rings. The van der Waals surface area contributed by atoms with Crippen molar-refractivity contribution in [3.63, 3.8) is 0 Å². The minimum atomic E-state index is -0.279. The van der Waals surface area contributed by atoms with Crippen LogP contribution in [0, 0.1) is 0 Å². The van der Waals surface area contributed by atoms with Gasteiger partial charge in [0.2, 0.25) is 6.79 Å². The van der Waals surface area contributed by atoms with E-state index in [-0.39, 0.29) is 18.8 Å². The van der Waals surface area contributed by atoms with Gasteiger partial charge in [-0.05, 0) is 19.1 Å². The third kappa shape index (κ3) is 2.48. The Labute approximate surface area is 138 Å². The Morgan fingerprint density at radius 1 is 1.38 bits per heavy atom. The molecule has 8 heteroatoms. The van der Waals surface area contributed by atoms with Crippen molar-refractivity contribution in [1.82, 2.24) is 19.7 Å². The van der Waals surface area contributed by atoms with E-state index < -0.39 is 0 Å². The maximum atomic E-state index is 12.9. The van der Waals surface area contributed by atoms with Gasteiger partial charge in [0.15, 0.2) is 17.3 Å². The number of amides is 1. The SMILES string of the molecule is CCn1cnnc1[C@H]1CN(C(=O)c2cccc3c2OCO3)CCO1. The van der Waals surface area contributed by atoms with Crippen LogP contribution in [0.1, 0.15) is 29.2 Å². The first-order valence-electron chi connectivity index (χ1n) is 7.95. The zero-order chi connectivity index (χ0) is 16.5. The first kappa shape index (κ1) is 14.9. The number of carbonyl (C=O) groups is 1. The van der Waals surface area contributed by atoms with Gasteiger partial charge in [0.05, 0.1) is 18.7 Å². The molecule has 0 N–H and O–H groups in total. The van der Waals surface area contributed by atoms with E-state index >= 15 is 0 Å². The predicted octanol–water partition coefficient (Wildman–Crippen LogP) is 1.24. The van der Waals surface area contributed by atoms with E-state index in [1.54, 1.807) is 29.4 Å². The van der Waals surface area contributed by atoms with E-state index in [9.17, 15) is 4.79 Å². The number of para-hydroxylation sites is 1. The summed E-state index contributed by atoms with van der Waals surface area (Å²) < 4.78 is 18.5. The topological polar surface area (TPSA) is 78.7 Å². The summed E-state index contributed by atoms with van der Waals surface area (Å²) in [4.78, 5) is 14.7. The molecule has 1 atom stereocenters. The molecule has 3 heterocycles. The molecule has 0 aliphatic carbocycles. The highest BCUT2D eigenvalue weighted by molar-refractivity contribution is 5.98. The number of nitrogens with zero attached hydrogens (tertiary/aromatic N) is 4. The zero-order valence-electron chi connectivity index (χ0n) is 13.3. The average molecular weight is 330 g/mol. The molecular weight excluding hydrogens is 312 g/mol. The standard InChI is InChI=1S/C16H18N4O4/c1-2-19-9-17-18-15(19)13-8-20(6-7-22-13)16(21)11-4-3-5-12-14(11)24-10-23-12/h3-5,9,13H,2,6-8,10H2,1H3/t13-/m1/s1. The Morgan fingerprint density at radius 2 is 2.29 bits per heavy atom. The summed E-state index contributed by atoms with van der Waals surface area (Å²) in [7, 11) is 0. The molecule has 1 aromatic carbocycles. The average Bonchev–Trinajstić information content (AvgIpc) is 3.29. The molecule has 2 aliphatic heterocycles. The number of hydrogen-bond donors (Lipinski definition) is 0. The van der Waals surface area contributed by atoms with Gasteiger partial charge in [0, 0.05) is 13.1 Å². The van der Waals surface area contributed by atoms with Gasteiger partial charge in [-0.3, -0.25) is 4.79 Å². The predicted molar refractivity (Wildman–Crippen MR) is 82.9 cm³/mol. The van der Waals surface area contributed by atoms with Crippen LogP contribution in [0.4, 0.5) is 0 Å². The second-order valence-electron chi connectivity index (χ2n) is 5.63. The molecular formula is C16H18N4O4. The van der Waals surface area contributed by atoms with Crippen LogP contribution in [0.5, 0.6) is 11.5 Å². The van der Waals surface area contributed by atoms with Gasteiger partial charge >= 0.3 is 0 Å². The number of ether oxygens (including phenoxy) is 3. The molecule has 8 nitrogen and oxygen atoms in total. The van der Waals surface area contributed by atoms with Gasteiger partial charge in [-0.25, -0.2) is 0 Å². The molecule has 1 amide bonds. The van der Waals surface area contributed by atoms with Gasteiger partial charge in [0.25, 0.3) is 5.91 Å². The molecule has 0 bridgehead atoms. The fourth-order valence-electron chi connectivity index (χ4n) is 3.02. The van der Waals surface area contributed by atoms with Crippen LogP contribution in [-0.4, -0.2) is 52.1 Å². The lowest BCUT2D eigenvalue weighted by molar-refractivity contribution is -0.0284. The number of carbonyl (C=O) groups excluding carboxylic acids is 1. The zero-order valence-corrected chi connectivity index (χ0v) is 13.3. The number of aryl methyl sites for hydroxylation is 1. The van der Waals surface area contributed by atoms with Crippen LogP contribution in [-0.2, 0) is 11.3 Å². The Balaban J connectivity index is 1.56. The number of morpholine rings is 1. The van der Waals surface area contributed by atoms with E-state index in [1.165, 1.54) is 0 Å². The molecule has 2 aliphatic rings. The highest BCUT2D eigenvalue weighted by atomic mass is 16.7. The number of fused-ring (bicyclic) bond motifs is 1. The van der Waals surface area contributed by atoms with Crippen LogP contribution < -0.4 is 9.47 Å². The molecule has 0 spiro atoms. The first-order chi connectivity index (χ1) is 11.8. The van der Waals surface area contributed by atoms with Crippen molar-refractivity contribution in [2.75, 3.05) is 26.5 Å². The van der Waals surface area contributed by atoms with Crippen molar-refractivity contribution < 1.29 is 19.0 Å². The van der Waals surface area contributed by atoms with Gasteiger partial charge < -0.3 is 23.7 Å². The largest absolute Gasteiger partial charge is 0.454 e. The molecule has 126 valence electrons. The summed E-state index contributed by atoms with van der Waals surface area (Å²) >= 11 is 0. The molecule has 0 radical (unpaired) electrons. The van der Waals surface area contributed by atoms with E-state index in [1.807, 2.05) is 11.5 Å². The van der Waals surface area contributed by atoms with Crippen LogP contribution in [0.15, 0.2) is 24.5 Å². The van der Waals surface area contributed by atoms with Crippen molar-refractivity contribution in [1.29, 1.82) is 0 Å². The van der Waals surface area contributed by atoms with Crippen LogP contribution in [0.3, 0.4) is 0 Å². The summed E-state index contributed by atoms with van der Waals surface area (Å²) in [6.07, 6.45) is 1.40. The molecule has 1 saturated heterocycles. The third-order valence-corrected chi connectivity index (χ3v) is 4.25. The van der Waals surface area contributed by atoms with Gasteiger partial charge in [-0.15, -0.1) is 10.2 Å². The monoisotopic (exact) mass is 330 g/mol. The molecule has 1 aromatic heterocycles. The summed E-state index contributed by atoms with van der Waals surface area (Å²) in [5.41, 5.74) is 0.516. The third-order valence-electron chi connectivity index (χ3n) is 4.25. The van der Waals surface area contributed by atoms with Crippen LogP contribution in [0.25, 0.3) is 0 Å². The number of hydrogen-bond acceptors (Lipinski definition) is 6. The number of aromatic nitrogens is 3. The molecule has 2 aromatic rings. The Hall–Kier alpha value is -2.61. The molecule has 4 rings (SSSR count). The minimum Gasteiger partial charge on any atom is -0.454 e. The first-order valence-corrected chi connectivity index (χ1v) is 7.95. The number of rotatable bonds is 3. The summed E-state index contributed by atoms with van der Waals surface area (Å²) in [5.74, 6) is 1.78. The smallest absolute Gasteiger partial charge is 0.257 e. The van der Waals surface area contributed by atoms with Crippen molar-refractivity contribution in [3.8, 4) is 11.5 Å². The fraction of sp³-hybridized carbons (Fsp3) is 0.438. The van der Waals surface area contributed by atoms with Crippen molar-refractivity contribution >= 4 is 5.91 Å². The van der Waals surface area contributed by atoms with Crippen molar-refractivity contribution in [3.05, 3.63) is 35.9 Å². The maximum absolute atomic E-state index is 12.9. The van der Waals surface area contributed by atoms with Crippen molar-refractivity contribution in [2.24, 2.45) is 0 Å². The lowest BCUT2D eigenvalue weighted by Gasteiger charge is -2.32. The van der Waals surface area contributed by atoms with Gasteiger partial charge in [-0.1, -0.05) is 6.07 Å². The van der Waals surface area contributed by atoms with Crippen LogP contribution >= 0.6 is 0 Å². The van der Waals surface area contributed by atoms with E-state index in [2.05, 4.69) is 10.2 Å². The maximum Gasteiger partial charge on any atom is 0.257 e. The van der Waals surface area contributed by atoms with Crippen molar-refractivity contribution in [2.45, 2.75) is 19.6 Å². The normalized spacial score (nSPS) is 19.5. The highest BCUT2D eigenvalue weighted by Crippen LogP contribution is 2.36. The lowest BCUT2D eigenvalue weighted by atomic mass is 10.1. The quantitative estimate of drug-likeness (QED) is 0.842. The second-order valence-corrected chi connectivity index (χ2v) is 5.63. The number of benzene rings is 1. The highest BCUT2D eigenvalue weighted by Gasteiger charge is 2.31. The van der Waals surface area contributed by atoms with E-state index in [4.69, 9.17) is 14.2 Å². The molecule has 0 unspecified atom stereocenters. The van der Waals surface area contributed by atoms with Gasteiger partial charge in [0.1, 0.15) is 12.4 Å². The Kier molecular flexibility index (Phi) is 3.81. The summed E-state index contributed by atoms with van der Waals surface area (Å²) in [6, 6.07) is 5.35. The molecule has 24 heavy (non-hydrogen) atoms. The Morgan fingerprint density at radius 3 is 3.17 bits per heavy atom. The minimum absolute atomic E-state index is 0.0896. The summed E-state index contributed by atoms with van der Waals surface area (Å²) in [6.45, 7) is 4.34. The van der Waals surface area contributed by atoms with Crippen LogP contribution in [0.2, 0.25) is 0 Å². The molecule has 0 saturated carbocycles. The second kappa shape index (κ2) is 6.12. The fourth-order valence-corrected chi connectivity index (χ4v) is 3.02. The van der Waals surface area contributed by atoms with Gasteiger partial charge in [-0.2, -0.15) is 0 Å². The van der Waals surface area contributed by atoms with E-state index in [0.29, 0.717) is 36.8 Å². The Bertz CT molecular complexity index is 760. The van der Waals surface area contributed by atoms with E-state index in [0.717, 1.165) is 12.4 Å².